The van der Waals surface area contributed by atoms with Crippen molar-refractivity contribution in [1.29, 1.82) is 0 Å². The van der Waals surface area contributed by atoms with E-state index in [1.54, 1.807) is 24.3 Å². The maximum Gasteiger partial charge on any atom is 0.338 e. The molecule has 0 saturated carbocycles. The largest absolute Gasteiger partial charge is 0.456 e. The molecular weight excluding hydrogens is 444 g/mol. The normalized spacial score (nSPS) is 14.7. The van der Waals surface area contributed by atoms with Crippen molar-refractivity contribution in [3.05, 3.63) is 35.9 Å². The number of unbranched alkanes of at least 4 members (excludes halogenated alkanes) is 2. The van der Waals surface area contributed by atoms with E-state index in [1.165, 1.54) is 0 Å². The molecule has 0 spiro atoms. The van der Waals surface area contributed by atoms with E-state index in [4.69, 9.17) is 14.2 Å². The van der Waals surface area contributed by atoms with Crippen LogP contribution in [0.5, 0.6) is 0 Å². The van der Waals surface area contributed by atoms with Gasteiger partial charge in [0.2, 0.25) is 5.79 Å². The number of ether oxygens (including phenoxy) is 3. The number of esters is 1. The van der Waals surface area contributed by atoms with Crippen molar-refractivity contribution in [3.63, 3.8) is 0 Å². The van der Waals surface area contributed by atoms with E-state index in [9.17, 15) is 14.4 Å². The summed E-state index contributed by atoms with van der Waals surface area (Å²) in [4.78, 5) is 38.3. The molecule has 1 aromatic rings. The Balaban J connectivity index is 2.94. The zero-order valence-corrected chi connectivity index (χ0v) is 22.5. The second-order valence-electron chi connectivity index (χ2n) is 9.21. The fourth-order valence-electron chi connectivity index (χ4n) is 3.99. The van der Waals surface area contributed by atoms with Gasteiger partial charge in [-0.15, -0.1) is 0 Å². The standard InChI is InChI=1S/C29H46O6/c1-6-11-16-23(8-3)26(30)20-34-29(10-5,22-33-28(32)25-18-14-13-15-19-25)35-21-27(31)24(9-4)17-12-7-2/h13-15,18-19,23-24H,6-12,16-17,20-22H2,1-5H3. The first-order valence-electron chi connectivity index (χ1n) is 13.4. The monoisotopic (exact) mass is 490 g/mol. The van der Waals surface area contributed by atoms with Crippen LogP contribution in [0.3, 0.4) is 0 Å². The second kappa shape index (κ2) is 17.4. The smallest absolute Gasteiger partial charge is 0.338 e. The second-order valence-corrected chi connectivity index (χ2v) is 9.21. The molecule has 0 bridgehead atoms. The van der Waals surface area contributed by atoms with Gasteiger partial charge in [0, 0.05) is 18.3 Å². The topological polar surface area (TPSA) is 78.9 Å². The minimum Gasteiger partial charge on any atom is -0.456 e. The molecule has 35 heavy (non-hydrogen) atoms. The van der Waals surface area contributed by atoms with Gasteiger partial charge in [0.15, 0.2) is 11.6 Å². The SMILES string of the molecule is CCCCC(CC)C(=O)COC(CC)(COC(=O)c1ccccc1)OCC(=O)C(CC)CCCC. The lowest BCUT2D eigenvalue weighted by Gasteiger charge is -2.33. The molecule has 0 saturated heterocycles. The first-order chi connectivity index (χ1) is 16.9. The van der Waals surface area contributed by atoms with E-state index in [1.807, 2.05) is 26.8 Å². The zero-order valence-electron chi connectivity index (χ0n) is 22.5. The average molecular weight is 491 g/mol. The molecule has 0 heterocycles. The molecule has 0 aromatic heterocycles. The molecule has 0 radical (unpaired) electrons. The third kappa shape index (κ3) is 11.0. The van der Waals surface area contributed by atoms with E-state index < -0.39 is 11.8 Å². The highest BCUT2D eigenvalue weighted by atomic mass is 16.7. The average Bonchev–Trinajstić information content (AvgIpc) is 2.89. The minimum absolute atomic E-state index is 0.0115. The summed E-state index contributed by atoms with van der Waals surface area (Å²) in [7, 11) is 0. The van der Waals surface area contributed by atoms with E-state index in [0.29, 0.717) is 12.0 Å². The molecule has 2 atom stereocenters. The summed E-state index contributed by atoms with van der Waals surface area (Å²) in [5.41, 5.74) is 0.417. The van der Waals surface area contributed by atoms with Crippen molar-refractivity contribution in [3.8, 4) is 0 Å². The number of ketones is 2. The van der Waals surface area contributed by atoms with Crippen LogP contribution in [0.15, 0.2) is 30.3 Å². The van der Waals surface area contributed by atoms with Gasteiger partial charge in [0.05, 0.1) is 5.56 Å². The van der Waals surface area contributed by atoms with Crippen molar-refractivity contribution in [2.45, 2.75) is 98.2 Å². The van der Waals surface area contributed by atoms with Gasteiger partial charge in [0.1, 0.15) is 19.8 Å². The Morgan fingerprint density at radius 1 is 0.771 bits per heavy atom. The van der Waals surface area contributed by atoms with Crippen LogP contribution in [0.1, 0.15) is 103 Å². The Hall–Kier alpha value is -2.05. The van der Waals surface area contributed by atoms with Gasteiger partial charge >= 0.3 is 5.97 Å². The molecule has 0 N–H and O–H groups in total. The summed E-state index contributed by atoms with van der Waals surface area (Å²) in [5.74, 6) is -1.98. The lowest BCUT2D eigenvalue weighted by molar-refractivity contribution is -0.252. The number of rotatable bonds is 20. The van der Waals surface area contributed by atoms with Crippen molar-refractivity contribution in [2.75, 3.05) is 19.8 Å². The Labute approximate surface area is 212 Å². The highest BCUT2D eigenvalue weighted by Crippen LogP contribution is 2.23. The Morgan fingerprint density at radius 2 is 1.26 bits per heavy atom. The molecule has 6 nitrogen and oxygen atoms in total. The van der Waals surface area contributed by atoms with E-state index in [0.717, 1.165) is 51.4 Å². The molecule has 2 unspecified atom stereocenters. The highest BCUT2D eigenvalue weighted by Gasteiger charge is 2.35. The van der Waals surface area contributed by atoms with Gasteiger partial charge in [-0.25, -0.2) is 4.79 Å². The van der Waals surface area contributed by atoms with Crippen molar-refractivity contribution < 1.29 is 28.6 Å². The highest BCUT2D eigenvalue weighted by molar-refractivity contribution is 5.89. The van der Waals surface area contributed by atoms with Crippen molar-refractivity contribution >= 4 is 17.5 Å². The number of carbonyl (C=O) groups excluding carboxylic acids is 3. The number of benzene rings is 1. The van der Waals surface area contributed by atoms with Gasteiger partial charge in [0.25, 0.3) is 0 Å². The number of hydrogen-bond acceptors (Lipinski definition) is 6. The Kier molecular flexibility index (Phi) is 15.4. The van der Waals surface area contributed by atoms with Crippen molar-refractivity contribution in [1.82, 2.24) is 0 Å². The van der Waals surface area contributed by atoms with E-state index in [2.05, 4.69) is 13.8 Å². The van der Waals surface area contributed by atoms with E-state index >= 15 is 0 Å². The molecule has 6 heteroatoms. The Morgan fingerprint density at radius 3 is 1.66 bits per heavy atom. The summed E-state index contributed by atoms with van der Waals surface area (Å²) in [6.07, 6.45) is 7.50. The summed E-state index contributed by atoms with van der Waals surface area (Å²) < 4.78 is 17.6. The number of Topliss-reactive ketones (excluding diaryl/α,β-unsaturated/α-hetero) is 2. The van der Waals surface area contributed by atoms with Crippen LogP contribution in [-0.4, -0.2) is 43.1 Å². The number of hydrogen-bond donors (Lipinski definition) is 0. The summed E-state index contributed by atoms with van der Waals surface area (Å²) in [6.45, 7) is 9.58. The van der Waals surface area contributed by atoms with E-state index in [-0.39, 0.29) is 43.2 Å². The maximum absolute atomic E-state index is 12.9. The minimum atomic E-state index is -1.36. The lowest BCUT2D eigenvalue weighted by Crippen LogP contribution is -2.44. The molecule has 1 rings (SSSR count). The van der Waals surface area contributed by atoms with Gasteiger partial charge in [-0.1, -0.05) is 78.5 Å². The third-order valence-corrected chi connectivity index (χ3v) is 6.63. The van der Waals surface area contributed by atoms with Crippen LogP contribution in [0, 0.1) is 11.8 Å². The predicted octanol–water partition coefficient (Wildman–Crippen LogP) is 6.55. The molecule has 0 aliphatic carbocycles. The fourth-order valence-corrected chi connectivity index (χ4v) is 3.99. The molecule has 0 aliphatic rings. The van der Waals surface area contributed by atoms with Gasteiger partial charge in [-0.2, -0.15) is 0 Å². The Bertz CT molecular complexity index is 713. The summed E-state index contributed by atoms with van der Waals surface area (Å²) in [5, 5.41) is 0. The first kappa shape index (κ1) is 31.0. The number of carbonyl (C=O) groups is 3. The summed E-state index contributed by atoms with van der Waals surface area (Å²) >= 11 is 0. The van der Waals surface area contributed by atoms with Crippen LogP contribution in [0.4, 0.5) is 0 Å². The molecule has 1 aromatic carbocycles. The predicted molar refractivity (Wildman–Crippen MR) is 138 cm³/mol. The van der Waals surface area contributed by atoms with Gasteiger partial charge in [-0.05, 0) is 37.8 Å². The quantitative estimate of drug-likeness (QED) is 0.152. The van der Waals surface area contributed by atoms with Crippen LogP contribution >= 0.6 is 0 Å². The molecule has 0 amide bonds. The van der Waals surface area contributed by atoms with Crippen LogP contribution in [0.2, 0.25) is 0 Å². The lowest BCUT2D eigenvalue weighted by atomic mass is 9.95. The van der Waals surface area contributed by atoms with Crippen LogP contribution in [-0.2, 0) is 23.8 Å². The van der Waals surface area contributed by atoms with Crippen LogP contribution < -0.4 is 0 Å². The van der Waals surface area contributed by atoms with Gasteiger partial charge < -0.3 is 14.2 Å². The zero-order chi connectivity index (χ0) is 26.1. The third-order valence-electron chi connectivity index (χ3n) is 6.63. The first-order valence-corrected chi connectivity index (χ1v) is 13.4. The van der Waals surface area contributed by atoms with Crippen LogP contribution in [0.25, 0.3) is 0 Å². The molecular formula is C29H46O6. The maximum atomic E-state index is 12.9. The fraction of sp³-hybridized carbons (Fsp3) is 0.690. The summed E-state index contributed by atoms with van der Waals surface area (Å²) in [6, 6.07) is 8.68. The van der Waals surface area contributed by atoms with Gasteiger partial charge in [-0.3, -0.25) is 9.59 Å². The van der Waals surface area contributed by atoms with Crippen molar-refractivity contribution in [2.24, 2.45) is 11.8 Å². The molecule has 198 valence electrons. The molecule has 0 aliphatic heterocycles. The molecule has 0 fully saturated rings.